The van der Waals surface area contributed by atoms with Gasteiger partial charge in [-0.05, 0) is 39.9 Å². The van der Waals surface area contributed by atoms with Gasteiger partial charge in [-0.3, -0.25) is 0 Å². The number of aromatic nitrogens is 4. The number of rotatable bonds is 8. The molecule has 3 heterocycles. The molecule has 0 radical (unpaired) electrons. The molecule has 7 nitrogen and oxygen atoms in total. The van der Waals surface area contributed by atoms with Gasteiger partial charge in [0.1, 0.15) is 11.8 Å². The van der Waals surface area contributed by atoms with Crippen molar-refractivity contribution in [3.63, 3.8) is 0 Å². The first kappa shape index (κ1) is 20.8. The van der Waals surface area contributed by atoms with Crippen LogP contribution in [0, 0.1) is 5.92 Å². The van der Waals surface area contributed by atoms with Crippen molar-refractivity contribution >= 4 is 17.0 Å². The van der Waals surface area contributed by atoms with Crippen molar-refractivity contribution in [2.24, 2.45) is 5.92 Å². The highest BCUT2D eigenvalue weighted by Gasteiger charge is 2.33. The minimum absolute atomic E-state index is 0.312. The summed E-state index contributed by atoms with van der Waals surface area (Å²) < 4.78 is 7.40. The molecule has 0 spiro atoms. The molecule has 30 heavy (non-hydrogen) atoms. The zero-order valence-electron chi connectivity index (χ0n) is 18.0. The van der Waals surface area contributed by atoms with Crippen molar-refractivity contribution in [1.29, 1.82) is 0 Å². The summed E-state index contributed by atoms with van der Waals surface area (Å²) in [6.45, 7) is 9.49. The van der Waals surface area contributed by atoms with Gasteiger partial charge in [-0.2, -0.15) is 0 Å². The maximum Gasteiger partial charge on any atom is 0.209 e. The van der Waals surface area contributed by atoms with Gasteiger partial charge >= 0.3 is 0 Å². The molecule has 8 heteroatoms. The van der Waals surface area contributed by atoms with E-state index in [4.69, 9.17) is 4.74 Å². The third kappa shape index (κ3) is 4.82. The fourth-order valence-corrected chi connectivity index (χ4v) is 4.94. The van der Waals surface area contributed by atoms with Gasteiger partial charge in [-0.15, -0.1) is 16.4 Å². The summed E-state index contributed by atoms with van der Waals surface area (Å²) >= 11 is 1.75. The maximum atomic E-state index is 5.40. The molecule has 0 aliphatic carbocycles. The van der Waals surface area contributed by atoms with E-state index in [1.54, 1.807) is 23.3 Å². The van der Waals surface area contributed by atoms with Crippen LogP contribution in [0.25, 0.3) is 0 Å². The summed E-state index contributed by atoms with van der Waals surface area (Å²) in [5, 5.41) is 14.9. The van der Waals surface area contributed by atoms with E-state index in [1.165, 1.54) is 10.6 Å². The lowest BCUT2D eigenvalue weighted by molar-refractivity contribution is -0.934. The molecule has 1 aromatic carbocycles. The number of thiophene rings is 1. The summed E-state index contributed by atoms with van der Waals surface area (Å²) in [5.74, 6) is 2.51. The number of anilines is 1. The van der Waals surface area contributed by atoms with E-state index in [1.807, 2.05) is 10.7 Å². The van der Waals surface area contributed by atoms with E-state index in [9.17, 15) is 0 Å². The highest BCUT2D eigenvalue weighted by atomic mass is 32.1. The second-order valence-corrected chi connectivity index (χ2v) is 9.34. The quantitative estimate of drug-likeness (QED) is 0.598. The van der Waals surface area contributed by atoms with Crippen molar-refractivity contribution in [3.05, 3.63) is 52.5 Å². The van der Waals surface area contributed by atoms with E-state index < -0.39 is 0 Å². The topological polar surface area (TPSA) is 60.5 Å². The summed E-state index contributed by atoms with van der Waals surface area (Å²) in [5.41, 5.74) is 1.23. The van der Waals surface area contributed by atoms with E-state index in [0.29, 0.717) is 12.0 Å². The third-order valence-electron chi connectivity index (χ3n) is 5.78. The molecular weight excluding hydrogens is 396 g/mol. The summed E-state index contributed by atoms with van der Waals surface area (Å²) in [6, 6.07) is 12.9. The van der Waals surface area contributed by atoms with Gasteiger partial charge in [-0.25, -0.2) is 4.68 Å². The molecule has 0 amide bonds. The maximum absolute atomic E-state index is 5.40. The lowest BCUT2D eigenvalue weighted by Gasteiger charge is -2.37. The Kier molecular flexibility index (Phi) is 6.64. The largest absolute Gasteiger partial charge is 0.497 e. The normalized spacial score (nSPS) is 16.2. The monoisotopic (exact) mass is 427 g/mol. The average Bonchev–Trinajstić information content (AvgIpc) is 3.45. The summed E-state index contributed by atoms with van der Waals surface area (Å²) in [4.78, 5) is 5.31. The van der Waals surface area contributed by atoms with Crippen LogP contribution in [0.1, 0.15) is 37.0 Å². The molecule has 1 atom stereocenters. The number of nitrogens with zero attached hydrogens (tertiary/aromatic N) is 5. The Balaban J connectivity index is 1.48. The summed E-state index contributed by atoms with van der Waals surface area (Å²) in [7, 11) is 1.72. The third-order valence-corrected chi connectivity index (χ3v) is 6.64. The highest BCUT2D eigenvalue weighted by molar-refractivity contribution is 7.09. The van der Waals surface area contributed by atoms with Crippen LogP contribution in [0.15, 0.2) is 41.8 Å². The van der Waals surface area contributed by atoms with Crippen LogP contribution >= 0.6 is 11.3 Å². The number of nitrogens with one attached hydrogen (secondary N) is 1. The van der Waals surface area contributed by atoms with Crippen molar-refractivity contribution in [3.8, 4) is 5.75 Å². The number of methoxy groups -OCH3 is 1. The minimum Gasteiger partial charge on any atom is -0.497 e. The fraction of sp³-hybridized carbons (Fsp3) is 0.500. The predicted octanol–water partition coefficient (Wildman–Crippen LogP) is 2.28. The van der Waals surface area contributed by atoms with Crippen LogP contribution < -0.4 is 14.5 Å². The SMILES string of the molecule is COc1cccc(N2CC[NH+]([C@@H](CC(C)C)c3nnnn3Cc3cccs3)CC2)c1. The highest BCUT2D eigenvalue weighted by Crippen LogP contribution is 2.22. The molecule has 1 aliphatic rings. The molecule has 1 N–H and O–H groups in total. The van der Waals surface area contributed by atoms with Crippen molar-refractivity contribution < 1.29 is 9.64 Å². The predicted molar refractivity (Wildman–Crippen MR) is 119 cm³/mol. The van der Waals surface area contributed by atoms with Crippen LogP contribution in [0.4, 0.5) is 5.69 Å². The second-order valence-electron chi connectivity index (χ2n) is 8.30. The number of benzene rings is 1. The first-order valence-electron chi connectivity index (χ1n) is 10.7. The van der Waals surface area contributed by atoms with Crippen LogP contribution in [-0.2, 0) is 6.54 Å². The van der Waals surface area contributed by atoms with Gasteiger partial charge in [0.25, 0.3) is 0 Å². The van der Waals surface area contributed by atoms with Crippen LogP contribution in [0.3, 0.4) is 0 Å². The van der Waals surface area contributed by atoms with Crippen molar-refractivity contribution in [1.82, 2.24) is 20.2 Å². The first-order chi connectivity index (χ1) is 14.6. The van der Waals surface area contributed by atoms with Gasteiger partial charge in [0.05, 0.1) is 39.8 Å². The molecule has 3 aromatic rings. The molecule has 0 unspecified atom stereocenters. The standard InChI is InChI=1S/C22H30N6OS/c1-17(2)14-21(22-23-24-25-28(22)16-20-8-5-13-30-20)27-11-9-26(10-12-27)18-6-4-7-19(15-18)29-3/h4-8,13,15,17,21H,9-12,14,16H2,1-3H3/p+1/t21-/m0/s1. The van der Waals surface area contributed by atoms with Crippen LogP contribution in [0.5, 0.6) is 5.75 Å². The van der Waals surface area contributed by atoms with Gasteiger partial charge in [0.15, 0.2) is 0 Å². The number of quaternary nitrogens is 1. The number of hydrogen-bond donors (Lipinski definition) is 1. The van der Waals surface area contributed by atoms with Crippen molar-refractivity contribution in [2.75, 3.05) is 38.2 Å². The molecule has 2 aromatic heterocycles. The van der Waals surface area contributed by atoms with Crippen LogP contribution in [0.2, 0.25) is 0 Å². The van der Waals surface area contributed by atoms with Gasteiger partial charge in [-0.1, -0.05) is 26.0 Å². The lowest BCUT2D eigenvalue weighted by Crippen LogP contribution is -3.15. The Morgan fingerprint density at radius 1 is 1.17 bits per heavy atom. The van der Waals surface area contributed by atoms with Crippen LogP contribution in [-0.4, -0.2) is 53.5 Å². The average molecular weight is 428 g/mol. The summed E-state index contributed by atoms with van der Waals surface area (Å²) in [6.07, 6.45) is 1.08. The van der Waals surface area contributed by atoms with E-state index in [-0.39, 0.29) is 0 Å². The molecule has 1 fully saturated rings. The molecule has 0 bridgehead atoms. The first-order valence-corrected chi connectivity index (χ1v) is 11.5. The lowest BCUT2D eigenvalue weighted by atomic mass is 10.0. The molecule has 4 rings (SSSR count). The zero-order valence-corrected chi connectivity index (χ0v) is 18.8. The fourth-order valence-electron chi connectivity index (χ4n) is 4.26. The Hall–Kier alpha value is -2.45. The van der Waals surface area contributed by atoms with Gasteiger partial charge < -0.3 is 14.5 Å². The zero-order chi connectivity index (χ0) is 20.9. The molecule has 160 valence electrons. The van der Waals surface area contributed by atoms with Gasteiger partial charge in [0.2, 0.25) is 5.82 Å². The Labute approximate surface area is 182 Å². The Bertz CT molecular complexity index is 917. The van der Waals surface area contributed by atoms with E-state index >= 15 is 0 Å². The molecular formula is C22H31N6OS+. The minimum atomic E-state index is 0.312. The Morgan fingerprint density at radius 3 is 2.70 bits per heavy atom. The number of ether oxygens (including phenoxy) is 1. The van der Waals surface area contributed by atoms with E-state index in [2.05, 4.69) is 70.0 Å². The van der Waals surface area contributed by atoms with Gasteiger partial charge in [0, 0.05) is 23.1 Å². The molecule has 1 saturated heterocycles. The second kappa shape index (κ2) is 9.57. The molecule has 0 saturated carbocycles. The number of hydrogen-bond acceptors (Lipinski definition) is 6. The van der Waals surface area contributed by atoms with Crippen molar-refractivity contribution in [2.45, 2.75) is 32.9 Å². The molecule has 1 aliphatic heterocycles. The number of tetrazole rings is 1. The Morgan fingerprint density at radius 2 is 2.00 bits per heavy atom. The smallest absolute Gasteiger partial charge is 0.209 e. The number of piperazine rings is 1. The van der Waals surface area contributed by atoms with E-state index in [0.717, 1.165) is 50.7 Å².